The number of ether oxygens (including phenoxy) is 2. The first-order valence-corrected chi connectivity index (χ1v) is 15.2. The molecule has 0 fully saturated rings. The highest BCUT2D eigenvalue weighted by Crippen LogP contribution is 2.36. The van der Waals surface area contributed by atoms with Crippen LogP contribution in [0.4, 0.5) is 5.69 Å². The van der Waals surface area contributed by atoms with Crippen molar-refractivity contribution in [2.75, 3.05) is 30.6 Å². The van der Waals surface area contributed by atoms with E-state index in [-0.39, 0.29) is 29.0 Å². The molecule has 3 aromatic carbocycles. The molecule has 1 aliphatic heterocycles. The molecule has 1 aliphatic rings. The molecule has 0 radical (unpaired) electrons. The largest absolute Gasteiger partial charge is 0.486 e. The molecule has 41 heavy (non-hydrogen) atoms. The Kier molecular flexibility index (Phi) is 9.88. The normalized spacial score (nSPS) is 13.4. The van der Waals surface area contributed by atoms with Crippen molar-refractivity contribution in [2.24, 2.45) is 5.92 Å². The van der Waals surface area contributed by atoms with Crippen LogP contribution in [0, 0.1) is 5.92 Å². The molecule has 1 heterocycles. The maximum absolute atomic E-state index is 14.1. The monoisotopic (exact) mass is 579 g/mol. The SMILES string of the molecule is CC[C@@H](C(=O)NCC(C)C)N(Cc1ccccc1)C(=O)CN(c1ccc2c(c1)OCCO2)S(=O)(=O)c1ccccc1. The molecule has 9 nitrogen and oxygen atoms in total. The molecule has 0 saturated heterocycles. The lowest BCUT2D eigenvalue weighted by Gasteiger charge is -2.33. The van der Waals surface area contributed by atoms with Crippen LogP contribution < -0.4 is 19.1 Å². The average molecular weight is 580 g/mol. The first-order chi connectivity index (χ1) is 19.7. The Morgan fingerprint density at radius 2 is 1.54 bits per heavy atom. The lowest BCUT2D eigenvalue weighted by Crippen LogP contribution is -2.52. The number of anilines is 1. The molecular formula is C31H37N3O6S. The van der Waals surface area contributed by atoms with Gasteiger partial charge in [-0.3, -0.25) is 13.9 Å². The number of nitrogens with one attached hydrogen (secondary N) is 1. The maximum atomic E-state index is 14.1. The molecule has 1 N–H and O–H groups in total. The van der Waals surface area contributed by atoms with Crippen molar-refractivity contribution in [2.45, 2.75) is 44.7 Å². The van der Waals surface area contributed by atoms with Crippen molar-refractivity contribution < 1.29 is 27.5 Å². The highest BCUT2D eigenvalue weighted by molar-refractivity contribution is 7.92. The number of fused-ring (bicyclic) bond motifs is 1. The lowest BCUT2D eigenvalue weighted by molar-refractivity contribution is -0.140. The topological polar surface area (TPSA) is 105 Å². The Balaban J connectivity index is 1.73. The zero-order chi connectivity index (χ0) is 29.4. The van der Waals surface area contributed by atoms with Gasteiger partial charge in [0.15, 0.2) is 11.5 Å². The van der Waals surface area contributed by atoms with Crippen molar-refractivity contribution in [3.63, 3.8) is 0 Å². The first kappa shape index (κ1) is 29.9. The van der Waals surface area contributed by atoms with Gasteiger partial charge in [0.2, 0.25) is 11.8 Å². The van der Waals surface area contributed by atoms with E-state index in [1.165, 1.54) is 17.0 Å². The van der Waals surface area contributed by atoms with Crippen LogP contribution in [0.1, 0.15) is 32.8 Å². The summed E-state index contributed by atoms with van der Waals surface area (Å²) in [6, 6.07) is 21.3. The number of benzene rings is 3. The van der Waals surface area contributed by atoms with Crippen LogP contribution in [0.2, 0.25) is 0 Å². The fourth-order valence-electron chi connectivity index (χ4n) is 4.56. The van der Waals surface area contributed by atoms with E-state index in [9.17, 15) is 18.0 Å². The third-order valence-electron chi connectivity index (χ3n) is 6.69. The van der Waals surface area contributed by atoms with Gasteiger partial charge in [-0.2, -0.15) is 0 Å². The predicted molar refractivity (Wildman–Crippen MR) is 157 cm³/mol. The maximum Gasteiger partial charge on any atom is 0.264 e. The Bertz CT molecular complexity index is 1430. The number of carbonyl (C=O) groups excluding carboxylic acids is 2. The minimum Gasteiger partial charge on any atom is -0.486 e. The van der Waals surface area contributed by atoms with Crippen LogP contribution in [-0.2, 0) is 26.2 Å². The van der Waals surface area contributed by atoms with Gasteiger partial charge in [-0.15, -0.1) is 0 Å². The quantitative estimate of drug-likeness (QED) is 0.344. The second-order valence-corrected chi connectivity index (χ2v) is 12.1. The van der Waals surface area contributed by atoms with E-state index in [2.05, 4.69) is 5.32 Å². The van der Waals surface area contributed by atoms with Gasteiger partial charge >= 0.3 is 0 Å². The molecule has 218 valence electrons. The van der Waals surface area contributed by atoms with Gasteiger partial charge in [0.25, 0.3) is 10.0 Å². The summed E-state index contributed by atoms with van der Waals surface area (Å²) in [7, 11) is -4.17. The van der Waals surface area contributed by atoms with Gasteiger partial charge in [-0.25, -0.2) is 8.42 Å². The number of hydrogen-bond acceptors (Lipinski definition) is 6. The fraction of sp³-hybridized carbons (Fsp3) is 0.355. The number of rotatable bonds is 12. The van der Waals surface area contributed by atoms with Gasteiger partial charge in [0, 0.05) is 19.2 Å². The molecule has 0 saturated carbocycles. The molecule has 3 aromatic rings. The van der Waals surface area contributed by atoms with Gasteiger partial charge in [0.05, 0.1) is 10.6 Å². The van der Waals surface area contributed by atoms with Crippen LogP contribution >= 0.6 is 0 Å². The molecule has 2 amide bonds. The smallest absolute Gasteiger partial charge is 0.264 e. The van der Waals surface area contributed by atoms with Gasteiger partial charge in [-0.1, -0.05) is 69.3 Å². The van der Waals surface area contributed by atoms with E-state index in [0.29, 0.717) is 37.7 Å². The zero-order valence-electron chi connectivity index (χ0n) is 23.7. The highest BCUT2D eigenvalue weighted by atomic mass is 32.2. The molecule has 10 heteroatoms. The fourth-order valence-corrected chi connectivity index (χ4v) is 5.98. The van der Waals surface area contributed by atoms with E-state index in [1.807, 2.05) is 51.1 Å². The van der Waals surface area contributed by atoms with Crippen LogP contribution in [0.5, 0.6) is 11.5 Å². The molecule has 0 aromatic heterocycles. The summed E-state index contributed by atoms with van der Waals surface area (Å²) in [6.45, 7) is 6.64. The molecule has 4 rings (SSSR count). The number of sulfonamides is 1. The van der Waals surface area contributed by atoms with Crippen molar-refractivity contribution in [1.82, 2.24) is 10.2 Å². The van der Waals surface area contributed by atoms with Crippen molar-refractivity contribution in [3.05, 3.63) is 84.4 Å². The second kappa shape index (κ2) is 13.5. The number of nitrogens with zero attached hydrogens (tertiary/aromatic N) is 2. The molecule has 0 bridgehead atoms. The summed E-state index contributed by atoms with van der Waals surface area (Å²) in [6.07, 6.45) is 0.359. The second-order valence-electron chi connectivity index (χ2n) is 10.2. The Hall–Kier alpha value is -4.05. The van der Waals surface area contributed by atoms with E-state index >= 15 is 0 Å². The van der Waals surface area contributed by atoms with Crippen molar-refractivity contribution >= 4 is 27.5 Å². The minimum atomic E-state index is -4.17. The molecular weight excluding hydrogens is 542 g/mol. The zero-order valence-corrected chi connectivity index (χ0v) is 24.5. The summed E-state index contributed by atoms with van der Waals surface area (Å²) in [5, 5.41) is 2.93. The van der Waals surface area contributed by atoms with Crippen molar-refractivity contribution in [3.8, 4) is 11.5 Å². The molecule has 0 spiro atoms. The van der Waals surface area contributed by atoms with Gasteiger partial charge in [0.1, 0.15) is 25.8 Å². The number of hydrogen-bond donors (Lipinski definition) is 1. The third-order valence-corrected chi connectivity index (χ3v) is 8.48. The van der Waals surface area contributed by atoms with Gasteiger partial charge in [-0.05, 0) is 42.2 Å². The van der Waals surface area contributed by atoms with Crippen LogP contribution in [0.3, 0.4) is 0 Å². The average Bonchev–Trinajstić information content (AvgIpc) is 2.99. The van der Waals surface area contributed by atoms with Crippen LogP contribution in [-0.4, -0.2) is 57.5 Å². The Labute approximate surface area is 242 Å². The molecule has 0 unspecified atom stereocenters. The van der Waals surface area contributed by atoms with E-state index in [4.69, 9.17) is 9.47 Å². The summed E-state index contributed by atoms with van der Waals surface area (Å²) in [5.74, 6) is 0.352. The third kappa shape index (κ3) is 7.38. The lowest BCUT2D eigenvalue weighted by atomic mass is 10.1. The predicted octanol–water partition coefficient (Wildman–Crippen LogP) is 4.23. The minimum absolute atomic E-state index is 0.0408. The summed E-state index contributed by atoms with van der Waals surface area (Å²) in [4.78, 5) is 28.9. The van der Waals surface area contributed by atoms with Crippen molar-refractivity contribution in [1.29, 1.82) is 0 Å². The van der Waals surface area contributed by atoms with Gasteiger partial charge < -0.3 is 19.7 Å². The number of amides is 2. The molecule has 0 aliphatic carbocycles. The Morgan fingerprint density at radius 3 is 2.17 bits per heavy atom. The first-order valence-electron chi connectivity index (χ1n) is 13.8. The summed E-state index contributed by atoms with van der Waals surface area (Å²) >= 11 is 0. The standard InChI is InChI=1S/C31H37N3O6S/c1-4-27(31(36)32-20-23(2)3)33(21-24-11-7-5-8-12-24)30(35)22-34(41(37,38)26-13-9-6-10-14-26)25-15-16-28-29(19-25)40-18-17-39-28/h5-16,19,23,27H,4,17-18,20-22H2,1-3H3,(H,32,36)/t27-/m0/s1. The summed E-state index contributed by atoms with van der Waals surface area (Å²) < 4.78 is 40.3. The van der Waals surface area contributed by atoms with E-state index in [0.717, 1.165) is 9.87 Å². The van der Waals surface area contributed by atoms with E-state index in [1.54, 1.807) is 36.4 Å². The summed E-state index contributed by atoms with van der Waals surface area (Å²) in [5.41, 5.74) is 1.08. The van der Waals surface area contributed by atoms with E-state index < -0.39 is 28.5 Å². The molecule has 1 atom stereocenters. The number of carbonyl (C=O) groups is 2. The van der Waals surface area contributed by atoms with Crippen LogP contribution in [0.25, 0.3) is 0 Å². The highest BCUT2D eigenvalue weighted by Gasteiger charge is 2.34. The van der Waals surface area contributed by atoms with Crippen LogP contribution in [0.15, 0.2) is 83.8 Å². The Morgan fingerprint density at radius 1 is 0.902 bits per heavy atom.